The Hall–Kier alpha value is -0.820. The predicted molar refractivity (Wildman–Crippen MR) is 90.8 cm³/mol. The highest BCUT2D eigenvalue weighted by Crippen LogP contribution is 2.65. The third-order valence-electron chi connectivity index (χ3n) is 6.51. The average Bonchev–Trinajstić information content (AvgIpc) is 2.51. The van der Waals surface area contributed by atoms with Crippen LogP contribution in [0.3, 0.4) is 0 Å². The van der Waals surface area contributed by atoms with E-state index in [0.29, 0.717) is 5.41 Å². The van der Waals surface area contributed by atoms with E-state index in [0.717, 1.165) is 23.8 Å². The Morgan fingerprint density at radius 3 is 2.38 bits per heavy atom. The zero-order valence-corrected chi connectivity index (χ0v) is 14.2. The molecule has 116 valence electrons. The SMILES string of the molecule is CCCNC1C2CC(C)c3ccccc3C2C1(CC)CC. The molecule has 0 aromatic heterocycles. The number of nitrogens with one attached hydrogen (secondary N) is 1. The number of hydrogen-bond acceptors (Lipinski definition) is 1. The fraction of sp³-hybridized carbons (Fsp3) is 0.700. The summed E-state index contributed by atoms with van der Waals surface area (Å²) in [5.41, 5.74) is 3.77. The molecule has 2 aliphatic carbocycles. The molecule has 2 aliphatic rings. The summed E-state index contributed by atoms with van der Waals surface area (Å²) in [6.45, 7) is 10.7. The van der Waals surface area contributed by atoms with Crippen molar-refractivity contribution < 1.29 is 0 Å². The third kappa shape index (κ3) is 2.08. The molecule has 4 atom stereocenters. The van der Waals surface area contributed by atoms with Crippen LogP contribution in [-0.4, -0.2) is 12.6 Å². The van der Waals surface area contributed by atoms with Crippen molar-refractivity contribution in [3.05, 3.63) is 35.4 Å². The summed E-state index contributed by atoms with van der Waals surface area (Å²) in [7, 11) is 0. The molecule has 21 heavy (non-hydrogen) atoms. The van der Waals surface area contributed by atoms with Gasteiger partial charge >= 0.3 is 0 Å². The first-order valence-electron chi connectivity index (χ1n) is 9.01. The summed E-state index contributed by atoms with van der Waals surface area (Å²) in [4.78, 5) is 0. The van der Waals surface area contributed by atoms with Gasteiger partial charge in [-0.2, -0.15) is 0 Å². The van der Waals surface area contributed by atoms with Gasteiger partial charge in [-0.3, -0.25) is 0 Å². The molecule has 4 unspecified atom stereocenters. The van der Waals surface area contributed by atoms with E-state index in [4.69, 9.17) is 0 Å². The van der Waals surface area contributed by atoms with Crippen LogP contribution in [0.1, 0.15) is 76.3 Å². The first kappa shape index (κ1) is 15.1. The van der Waals surface area contributed by atoms with E-state index in [2.05, 4.69) is 57.3 Å². The molecular formula is C20H31N. The van der Waals surface area contributed by atoms with Gasteiger partial charge < -0.3 is 5.32 Å². The highest BCUT2D eigenvalue weighted by Gasteiger charge is 2.61. The van der Waals surface area contributed by atoms with Crippen molar-refractivity contribution >= 4 is 0 Å². The first-order valence-corrected chi connectivity index (χ1v) is 9.01. The summed E-state index contributed by atoms with van der Waals surface area (Å²) in [5.74, 6) is 2.36. The second-order valence-electron chi connectivity index (χ2n) is 7.28. The lowest BCUT2D eigenvalue weighted by molar-refractivity contribution is -0.0615. The quantitative estimate of drug-likeness (QED) is 0.795. The van der Waals surface area contributed by atoms with Crippen molar-refractivity contribution in [2.45, 2.75) is 71.3 Å². The van der Waals surface area contributed by atoms with Crippen molar-refractivity contribution in [1.82, 2.24) is 5.32 Å². The molecule has 1 aromatic carbocycles. The highest BCUT2D eigenvalue weighted by atomic mass is 15.0. The normalized spacial score (nSPS) is 33.0. The van der Waals surface area contributed by atoms with Crippen LogP contribution < -0.4 is 5.32 Å². The minimum Gasteiger partial charge on any atom is -0.313 e. The fourth-order valence-electron chi connectivity index (χ4n) is 5.49. The molecule has 1 fully saturated rings. The van der Waals surface area contributed by atoms with Gasteiger partial charge in [-0.25, -0.2) is 0 Å². The summed E-state index contributed by atoms with van der Waals surface area (Å²) in [6, 6.07) is 9.99. The largest absolute Gasteiger partial charge is 0.313 e. The van der Waals surface area contributed by atoms with Gasteiger partial charge in [-0.1, -0.05) is 52.0 Å². The Bertz CT molecular complexity index is 488. The summed E-state index contributed by atoms with van der Waals surface area (Å²) in [6.07, 6.45) is 5.21. The second-order valence-corrected chi connectivity index (χ2v) is 7.28. The molecule has 1 saturated carbocycles. The number of hydrogen-bond donors (Lipinski definition) is 1. The minimum absolute atomic E-state index is 0.482. The Balaban J connectivity index is 1.98. The predicted octanol–water partition coefficient (Wildman–Crippen LogP) is 5.08. The fourth-order valence-corrected chi connectivity index (χ4v) is 5.49. The smallest absolute Gasteiger partial charge is 0.0164 e. The van der Waals surface area contributed by atoms with Crippen LogP contribution in [0.25, 0.3) is 0 Å². The monoisotopic (exact) mass is 285 g/mol. The van der Waals surface area contributed by atoms with E-state index in [1.54, 1.807) is 11.1 Å². The maximum Gasteiger partial charge on any atom is 0.0164 e. The lowest BCUT2D eigenvalue weighted by Gasteiger charge is -2.65. The maximum absolute atomic E-state index is 3.91. The lowest BCUT2D eigenvalue weighted by Crippen LogP contribution is -2.66. The Morgan fingerprint density at radius 1 is 1.10 bits per heavy atom. The molecule has 1 heteroatoms. The summed E-state index contributed by atoms with van der Waals surface area (Å²) < 4.78 is 0. The third-order valence-corrected chi connectivity index (χ3v) is 6.51. The Labute approximate surface area is 130 Å². The zero-order valence-electron chi connectivity index (χ0n) is 14.2. The average molecular weight is 285 g/mol. The van der Waals surface area contributed by atoms with E-state index in [1.165, 1.54) is 32.2 Å². The maximum atomic E-state index is 3.91. The van der Waals surface area contributed by atoms with Gasteiger partial charge in [-0.05, 0) is 66.5 Å². The molecule has 0 amide bonds. The van der Waals surface area contributed by atoms with Gasteiger partial charge in [0.05, 0.1) is 0 Å². The van der Waals surface area contributed by atoms with Crippen LogP contribution in [0.2, 0.25) is 0 Å². The van der Waals surface area contributed by atoms with Crippen LogP contribution in [0.4, 0.5) is 0 Å². The second kappa shape index (κ2) is 5.76. The van der Waals surface area contributed by atoms with Gasteiger partial charge in [0.15, 0.2) is 0 Å². The molecule has 0 heterocycles. The molecule has 3 rings (SSSR count). The number of benzene rings is 1. The first-order chi connectivity index (χ1) is 10.2. The summed E-state index contributed by atoms with van der Waals surface area (Å²) >= 11 is 0. The lowest BCUT2D eigenvalue weighted by atomic mass is 9.42. The van der Waals surface area contributed by atoms with Crippen molar-refractivity contribution in [3.63, 3.8) is 0 Å². The number of fused-ring (bicyclic) bond motifs is 3. The minimum atomic E-state index is 0.482. The van der Waals surface area contributed by atoms with E-state index >= 15 is 0 Å². The van der Waals surface area contributed by atoms with Gasteiger partial charge in [-0.15, -0.1) is 0 Å². The highest BCUT2D eigenvalue weighted by molar-refractivity contribution is 5.42. The molecule has 1 nitrogen and oxygen atoms in total. The van der Waals surface area contributed by atoms with Gasteiger partial charge in [0.1, 0.15) is 0 Å². The van der Waals surface area contributed by atoms with Crippen LogP contribution in [0, 0.1) is 11.3 Å². The molecule has 1 N–H and O–H groups in total. The van der Waals surface area contributed by atoms with Gasteiger partial charge in [0, 0.05) is 6.04 Å². The van der Waals surface area contributed by atoms with E-state index < -0.39 is 0 Å². The van der Waals surface area contributed by atoms with Crippen molar-refractivity contribution in [2.24, 2.45) is 11.3 Å². The summed E-state index contributed by atoms with van der Waals surface area (Å²) in [5, 5.41) is 3.91. The standard InChI is InChI=1S/C20H31N/c1-5-12-21-19-17-13-14(4)15-10-8-9-11-16(15)18(17)20(19,6-2)7-3/h8-11,14,17-19,21H,5-7,12-13H2,1-4H3. The molecule has 1 aromatic rings. The van der Waals surface area contributed by atoms with Crippen LogP contribution in [0.5, 0.6) is 0 Å². The van der Waals surface area contributed by atoms with E-state index in [1.807, 2.05) is 0 Å². The van der Waals surface area contributed by atoms with Crippen LogP contribution in [0.15, 0.2) is 24.3 Å². The van der Waals surface area contributed by atoms with Crippen LogP contribution in [-0.2, 0) is 0 Å². The molecule has 0 saturated heterocycles. The van der Waals surface area contributed by atoms with Crippen molar-refractivity contribution in [2.75, 3.05) is 6.54 Å². The molecule has 0 spiro atoms. The Morgan fingerprint density at radius 2 is 1.76 bits per heavy atom. The number of rotatable bonds is 5. The van der Waals surface area contributed by atoms with Gasteiger partial charge in [0.25, 0.3) is 0 Å². The Kier molecular flexibility index (Phi) is 4.14. The van der Waals surface area contributed by atoms with Crippen molar-refractivity contribution in [3.8, 4) is 0 Å². The van der Waals surface area contributed by atoms with Gasteiger partial charge in [0.2, 0.25) is 0 Å². The molecule has 0 radical (unpaired) electrons. The van der Waals surface area contributed by atoms with Crippen LogP contribution >= 0.6 is 0 Å². The molecule has 0 bridgehead atoms. The molecular weight excluding hydrogens is 254 g/mol. The topological polar surface area (TPSA) is 12.0 Å². The van der Waals surface area contributed by atoms with E-state index in [-0.39, 0.29) is 0 Å². The van der Waals surface area contributed by atoms with Crippen molar-refractivity contribution in [1.29, 1.82) is 0 Å². The van der Waals surface area contributed by atoms with E-state index in [9.17, 15) is 0 Å². The zero-order chi connectivity index (χ0) is 15.0. The molecule has 0 aliphatic heterocycles.